The van der Waals surface area contributed by atoms with E-state index in [0.717, 1.165) is 23.4 Å². The number of benzene rings is 1. The van der Waals surface area contributed by atoms with E-state index >= 15 is 0 Å². The number of carbonyl (C=O) groups excluding carboxylic acids is 1. The number of hydrogen-bond acceptors (Lipinski definition) is 5. The Morgan fingerprint density at radius 1 is 1.14 bits per heavy atom. The zero-order valence-electron chi connectivity index (χ0n) is 13.0. The molecule has 1 N–H and O–H groups in total. The molecule has 0 aromatic heterocycles. The maximum atomic E-state index is 10.8. The van der Waals surface area contributed by atoms with Gasteiger partial charge in [0, 0.05) is 5.56 Å². The lowest BCUT2D eigenvalue weighted by molar-refractivity contribution is -0.908. The standard InChI is InChI=1S/C15H23NO5/c1-5-6-16(10-14(17)18)9-11-7-12(19-2)15(21-4)13(8-11)20-3/h7-8H,5-6,9-10H2,1-4H3,(H,17,18). The van der Waals surface area contributed by atoms with Gasteiger partial charge in [-0.25, -0.2) is 0 Å². The first-order valence-corrected chi connectivity index (χ1v) is 6.87. The van der Waals surface area contributed by atoms with Crippen LogP contribution < -0.4 is 24.2 Å². The SMILES string of the molecule is CCC[NH+](CC(=O)[O-])Cc1cc(OC)c(OC)c(OC)c1. The summed E-state index contributed by atoms with van der Waals surface area (Å²) >= 11 is 0. The molecule has 0 aliphatic carbocycles. The number of quaternary nitrogens is 1. The van der Waals surface area contributed by atoms with Gasteiger partial charge in [0.1, 0.15) is 13.1 Å². The highest BCUT2D eigenvalue weighted by molar-refractivity contribution is 5.65. The van der Waals surface area contributed by atoms with Crippen LogP contribution in [0, 0.1) is 0 Å². The van der Waals surface area contributed by atoms with Gasteiger partial charge in [-0.3, -0.25) is 0 Å². The predicted octanol–water partition coefficient (Wildman–Crippen LogP) is -0.743. The Balaban J connectivity index is 3.03. The third-order valence-corrected chi connectivity index (χ3v) is 3.18. The molecule has 0 radical (unpaired) electrons. The zero-order valence-corrected chi connectivity index (χ0v) is 13.0. The van der Waals surface area contributed by atoms with Crippen LogP contribution in [0.2, 0.25) is 0 Å². The second-order valence-corrected chi connectivity index (χ2v) is 4.76. The van der Waals surface area contributed by atoms with Crippen molar-refractivity contribution in [1.29, 1.82) is 0 Å². The summed E-state index contributed by atoms with van der Waals surface area (Å²) < 4.78 is 15.9. The summed E-state index contributed by atoms with van der Waals surface area (Å²) in [5.41, 5.74) is 0.925. The number of ether oxygens (including phenoxy) is 3. The van der Waals surface area contributed by atoms with Gasteiger partial charge < -0.3 is 29.0 Å². The normalized spacial score (nSPS) is 11.8. The van der Waals surface area contributed by atoms with Crippen molar-refractivity contribution in [2.75, 3.05) is 34.4 Å². The molecule has 0 fully saturated rings. The van der Waals surface area contributed by atoms with E-state index in [2.05, 4.69) is 0 Å². The number of hydrogen-bond donors (Lipinski definition) is 1. The molecule has 0 saturated carbocycles. The van der Waals surface area contributed by atoms with Gasteiger partial charge in [-0.05, 0) is 18.6 Å². The molecular weight excluding hydrogens is 274 g/mol. The molecule has 6 heteroatoms. The van der Waals surface area contributed by atoms with Crippen LogP contribution in [0.5, 0.6) is 17.2 Å². The summed E-state index contributed by atoms with van der Waals surface area (Å²) in [5, 5.41) is 10.8. The summed E-state index contributed by atoms with van der Waals surface area (Å²) in [6.45, 7) is 3.30. The molecule has 0 aliphatic heterocycles. The molecular formula is C15H23NO5. The molecule has 0 saturated heterocycles. The minimum atomic E-state index is -1.05. The molecule has 1 unspecified atom stereocenters. The maximum Gasteiger partial charge on any atom is 0.203 e. The van der Waals surface area contributed by atoms with Crippen LogP contribution in [0.4, 0.5) is 0 Å². The second-order valence-electron chi connectivity index (χ2n) is 4.76. The quantitative estimate of drug-likeness (QED) is 0.650. The van der Waals surface area contributed by atoms with Gasteiger partial charge in [0.05, 0.1) is 33.8 Å². The first kappa shape index (κ1) is 17.1. The Kier molecular flexibility index (Phi) is 6.81. The molecule has 6 nitrogen and oxygen atoms in total. The summed E-state index contributed by atoms with van der Waals surface area (Å²) in [6, 6.07) is 3.68. The molecule has 1 rings (SSSR count). The van der Waals surface area contributed by atoms with E-state index in [0.29, 0.717) is 23.8 Å². The number of carboxylic acid groups (broad SMARTS) is 1. The largest absolute Gasteiger partial charge is 0.544 e. The minimum absolute atomic E-state index is 0.0233. The Morgan fingerprint density at radius 2 is 1.71 bits per heavy atom. The van der Waals surface area contributed by atoms with Crippen molar-refractivity contribution in [1.82, 2.24) is 0 Å². The van der Waals surface area contributed by atoms with Gasteiger partial charge in [0.15, 0.2) is 11.5 Å². The Morgan fingerprint density at radius 3 is 2.10 bits per heavy atom. The van der Waals surface area contributed by atoms with E-state index in [1.807, 2.05) is 19.1 Å². The van der Waals surface area contributed by atoms with Crippen molar-refractivity contribution in [3.05, 3.63) is 17.7 Å². The molecule has 0 bridgehead atoms. The van der Waals surface area contributed by atoms with Crippen LogP contribution in [0.25, 0.3) is 0 Å². The average Bonchev–Trinajstić information content (AvgIpc) is 2.45. The Hall–Kier alpha value is -1.95. The van der Waals surface area contributed by atoms with Gasteiger partial charge in [0.25, 0.3) is 0 Å². The molecule has 0 spiro atoms. The Labute approximate surface area is 125 Å². The number of carbonyl (C=O) groups is 1. The molecule has 0 amide bonds. The molecule has 1 aromatic rings. The van der Waals surface area contributed by atoms with Crippen LogP contribution in [0.1, 0.15) is 18.9 Å². The molecule has 0 aliphatic rings. The molecule has 1 aromatic carbocycles. The fraction of sp³-hybridized carbons (Fsp3) is 0.533. The zero-order chi connectivity index (χ0) is 15.8. The summed E-state index contributed by atoms with van der Waals surface area (Å²) in [7, 11) is 4.66. The number of carboxylic acids is 1. The summed E-state index contributed by atoms with van der Waals surface area (Å²) in [6.07, 6.45) is 0.896. The van der Waals surface area contributed by atoms with Gasteiger partial charge in [-0.15, -0.1) is 0 Å². The van der Waals surface area contributed by atoms with Crippen molar-refractivity contribution in [2.45, 2.75) is 19.9 Å². The monoisotopic (exact) mass is 297 g/mol. The third-order valence-electron chi connectivity index (χ3n) is 3.18. The lowest BCUT2D eigenvalue weighted by atomic mass is 10.1. The third kappa shape index (κ3) is 4.82. The van der Waals surface area contributed by atoms with E-state index in [4.69, 9.17) is 14.2 Å². The lowest BCUT2D eigenvalue weighted by Crippen LogP contribution is -3.12. The number of rotatable bonds is 9. The highest BCUT2D eigenvalue weighted by atomic mass is 16.5. The van der Waals surface area contributed by atoms with Crippen LogP contribution in [0.3, 0.4) is 0 Å². The van der Waals surface area contributed by atoms with Crippen molar-refractivity contribution in [2.24, 2.45) is 0 Å². The van der Waals surface area contributed by atoms with Crippen LogP contribution in [0.15, 0.2) is 12.1 Å². The lowest BCUT2D eigenvalue weighted by Gasteiger charge is -2.20. The Bertz CT molecular complexity index is 450. The van der Waals surface area contributed by atoms with Crippen LogP contribution >= 0.6 is 0 Å². The minimum Gasteiger partial charge on any atom is -0.544 e. The topological polar surface area (TPSA) is 72.3 Å². The maximum absolute atomic E-state index is 10.8. The summed E-state index contributed by atoms with van der Waals surface area (Å²) in [5.74, 6) is 0.610. The second kappa shape index (κ2) is 8.36. The van der Waals surface area contributed by atoms with Crippen molar-refractivity contribution < 1.29 is 29.0 Å². The average molecular weight is 297 g/mol. The van der Waals surface area contributed by atoms with E-state index in [1.54, 1.807) is 21.3 Å². The van der Waals surface area contributed by atoms with Crippen LogP contribution in [-0.2, 0) is 11.3 Å². The first-order valence-electron chi connectivity index (χ1n) is 6.87. The highest BCUT2D eigenvalue weighted by Crippen LogP contribution is 2.37. The number of aliphatic carboxylic acids is 1. The van der Waals surface area contributed by atoms with Crippen molar-refractivity contribution in [3.63, 3.8) is 0 Å². The first-order chi connectivity index (χ1) is 10.0. The van der Waals surface area contributed by atoms with E-state index < -0.39 is 5.97 Å². The number of methoxy groups -OCH3 is 3. The highest BCUT2D eigenvalue weighted by Gasteiger charge is 2.16. The van der Waals surface area contributed by atoms with Crippen LogP contribution in [-0.4, -0.2) is 40.4 Å². The van der Waals surface area contributed by atoms with E-state index in [9.17, 15) is 9.90 Å². The van der Waals surface area contributed by atoms with Gasteiger partial charge in [-0.1, -0.05) is 6.92 Å². The van der Waals surface area contributed by atoms with Gasteiger partial charge >= 0.3 is 0 Å². The smallest absolute Gasteiger partial charge is 0.203 e. The van der Waals surface area contributed by atoms with E-state index in [-0.39, 0.29) is 6.54 Å². The predicted molar refractivity (Wildman–Crippen MR) is 75.8 cm³/mol. The van der Waals surface area contributed by atoms with E-state index in [1.165, 1.54) is 0 Å². The molecule has 21 heavy (non-hydrogen) atoms. The molecule has 118 valence electrons. The number of nitrogens with one attached hydrogen (secondary N) is 1. The fourth-order valence-electron chi connectivity index (χ4n) is 2.32. The summed E-state index contributed by atoms with van der Waals surface area (Å²) in [4.78, 5) is 11.7. The van der Waals surface area contributed by atoms with Crippen molar-refractivity contribution >= 4 is 5.97 Å². The van der Waals surface area contributed by atoms with Gasteiger partial charge in [-0.2, -0.15) is 0 Å². The van der Waals surface area contributed by atoms with Gasteiger partial charge in [0.2, 0.25) is 5.75 Å². The molecule has 0 heterocycles. The molecule has 1 atom stereocenters. The van der Waals surface area contributed by atoms with Crippen molar-refractivity contribution in [3.8, 4) is 17.2 Å². The fourth-order valence-corrected chi connectivity index (χ4v) is 2.32.